The lowest BCUT2D eigenvalue weighted by Gasteiger charge is -2.16. The average Bonchev–Trinajstić information content (AvgIpc) is 3.18. The molecule has 1 fully saturated rings. The van der Waals surface area contributed by atoms with Crippen LogP contribution in [-0.2, 0) is 6.54 Å². The molecule has 1 aliphatic rings. The maximum Gasteiger partial charge on any atom is 0.142 e. The van der Waals surface area contributed by atoms with Gasteiger partial charge in [-0.1, -0.05) is 44.0 Å². The highest BCUT2D eigenvalue weighted by atomic mass is 35.5. The molecule has 2 nitrogen and oxygen atoms in total. The summed E-state index contributed by atoms with van der Waals surface area (Å²) < 4.78 is 5.90. The van der Waals surface area contributed by atoms with Crippen LogP contribution in [0.15, 0.2) is 18.2 Å². The van der Waals surface area contributed by atoms with Crippen molar-refractivity contribution >= 4 is 11.6 Å². The Hall–Kier alpha value is -0.730. The average molecular weight is 268 g/mol. The molecule has 1 aliphatic carbocycles. The highest BCUT2D eigenvalue weighted by molar-refractivity contribution is 6.32. The van der Waals surface area contributed by atoms with Gasteiger partial charge in [0.25, 0.3) is 0 Å². The first-order chi connectivity index (χ1) is 8.70. The predicted octanol–water partition coefficient (Wildman–Crippen LogP) is 4.02. The predicted molar refractivity (Wildman–Crippen MR) is 76.3 cm³/mol. The summed E-state index contributed by atoms with van der Waals surface area (Å²) in [5, 5.41) is 4.22. The van der Waals surface area contributed by atoms with Crippen LogP contribution < -0.4 is 10.1 Å². The van der Waals surface area contributed by atoms with E-state index in [4.69, 9.17) is 16.3 Å². The van der Waals surface area contributed by atoms with Gasteiger partial charge in [-0.3, -0.25) is 0 Å². The SMILES string of the molecule is CCC(C)COc1c(Cl)cccc1CNC1CC1. The largest absolute Gasteiger partial charge is 0.491 e. The van der Waals surface area contributed by atoms with Crippen molar-refractivity contribution in [1.82, 2.24) is 5.32 Å². The maximum atomic E-state index is 6.23. The van der Waals surface area contributed by atoms with Crippen LogP contribution in [0.1, 0.15) is 38.7 Å². The van der Waals surface area contributed by atoms with Crippen molar-refractivity contribution in [2.75, 3.05) is 6.61 Å². The van der Waals surface area contributed by atoms with Crippen LogP contribution in [0.4, 0.5) is 0 Å². The zero-order valence-electron chi connectivity index (χ0n) is 11.2. The lowest BCUT2D eigenvalue weighted by atomic mass is 10.1. The fraction of sp³-hybridized carbons (Fsp3) is 0.600. The Labute approximate surface area is 115 Å². The Bertz CT molecular complexity index is 390. The molecule has 0 bridgehead atoms. The van der Waals surface area contributed by atoms with Gasteiger partial charge in [0.05, 0.1) is 11.6 Å². The minimum absolute atomic E-state index is 0.561. The first-order valence-electron chi connectivity index (χ1n) is 6.84. The molecule has 1 unspecified atom stereocenters. The molecule has 1 atom stereocenters. The van der Waals surface area contributed by atoms with E-state index in [1.807, 2.05) is 12.1 Å². The Morgan fingerprint density at radius 2 is 2.22 bits per heavy atom. The molecule has 0 radical (unpaired) electrons. The first kappa shape index (κ1) is 13.7. The van der Waals surface area contributed by atoms with Crippen molar-refractivity contribution in [1.29, 1.82) is 0 Å². The highest BCUT2D eigenvalue weighted by Crippen LogP contribution is 2.30. The topological polar surface area (TPSA) is 21.3 Å². The second-order valence-corrected chi connectivity index (χ2v) is 5.61. The van der Waals surface area contributed by atoms with E-state index in [-0.39, 0.29) is 0 Å². The van der Waals surface area contributed by atoms with Gasteiger partial charge in [-0.15, -0.1) is 0 Å². The van der Waals surface area contributed by atoms with E-state index in [9.17, 15) is 0 Å². The van der Waals surface area contributed by atoms with Gasteiger partial charge >= 0.3 is 0 Å². The summed E-state index contributed by atoms with van der Waals surface area (Å²) in [4.78, 5) is 0. The first-order valence-corrected chi connectivity index (χ1v) is 7.22. The third-order valence-corrected chi connectivity index (χ3v) is 3.71. The van der Waals surface area contributed by atoms with Crippen molar-refractivity contribution in [3.63, 3.8) is 0 Å². The third-order valence-electron chi connectivity index (χ3n) is 3.42. The molecule has 0 spiro atoms. The lowest BCUT2D eigenvalue weighted by molar-refractivity contribution is 0.254. The highest BCUT2D eigenvalue weighted by Gasteiger charge is 2.21. The summed E-state index contributed by atoms with van der Waals surface area (Å²) in [7, 11) is 0. The van der Waals surface area contributed by atoms with Crippen LogP contribution >= 0.6 is 11.6 Å². The van der Waals surface area contributed by atoms with Gasteiger partial charge in [-0.25, -0.2) is 0 Å². The van der Waals surface area contributed by atoms with E-state index in [2.05, 4.69) is 25.2 Å². The number of hydrogen-bond acceptors (Lipinski definition) is 2. The van der Waals surface area contributed by atoms with E-state index in [1.165, 1.54) is 12.8 Å². The third kappa shape index (κ3) is 3.89. The molecule has 1 aromatic carbocycles. The molecule has 18 heavy (non-hydrogen) atoms. The molecule has 0 heterocycles. The molecule has 1 N–H and O–H groups in total. The quantitative estimate of drug-likeness (QED) is 0.806. The van der Waals surface area contributed by atoms with Gasteiger partial charge in [-0.05, 0) is 24.8 Å². The van der Waals surface area contributed by atoms with E-state index in [1.54, 1.807) is 0 Å². The lowest BCUT2D eigenvalue weighted by Crippen LogP contribution is -2.17. The van der Waals surface area contributed by atoms with E-state index in [0.717, 1.165) is 30.9 Å². The summed E-state index contributed by atoms with van der Waals surface area (Å²) >= 11 is 6.23. The molecule has 0 aliphatic heterocycles. The van der Waals surface area contributed by atoms with Crippen molar-refractivity contribution in [2.45, 2.75) is 45.7 Å². The Balaban J connectivity index is 1.99. The van der Waals surface area contributed by atoms with Crippen molar-refractivity contribution in [3.8, 4) is 5.75 Å². The summed E-state index contributed by atoms with van der Waals surface area (Å²) in [6.45, 7) is 5.95. The zero-order chi connectivity index (χ0) is 13.0. The Morgan fingerprint density at radius 3 is 2.89 bits per heavy atom. The Kier molecular flexibility index (Phi) is 4.90. The fourth-order valence-corrected chi connectivity index (χ4v) is 1.99. The van der Waals surface area contributed by atoms with Gasteiger partial charge in [0, 0.05) is 18.2 Å². The normalized spacial score (nSPS) is 16.6. The maximum absolute atomic E-state index is 6.23. The van der Waals surface area contributed by atoms with Crippen LogP contribution in [0.3, 0.4) is 0 Å². The molecule has 1 saturated carbocycles. The van der Waals surface area contributed by atoms with Gasteiger partial charge in [0.15, 0.2) is 0 Å². The molecular formula is C15H22ClNO. The van der Waals surface area contributed by atoms with E-state index < -0.39 is 0 Å². The molecule has 100 valence electrons. The standard InChI is InChI=1S/C15H22ClNO/c1-3-11(2)10-18-15-12(5-4-6-14(15)16)9-17-13-7-8-13/h4-6,11,13,17H,3,7-10H2,1-2H3. The number of ether oxygens (including phenoxy) is 1. The monoisotopic (exact) mass is 267 g/mol. The second kappa shape index (κ2) is 6.44. The van der Waals surface area contributed by atoms with Crippen LogP contribution in [0.25, 0.3) is 0 Å². The number of hydrogen-bond donors (Lipinski definition) is 1. The second-order valence-electron chi connectivity index (χ2n) is 5.21. The molecular weight excluding hydrogens is 246 g/mol. The molecule has 3 heteroatoms. The van der Waals surface area contributed by atoms with Crippen molar-refractivity contribution in [3.05, 3.63) is 28.8 Å². The smallest absolute Gasteiger partial charge is 0.142 e. The van der Waals surface area contributed by atoms with Crippen molar-refractivity contribution in [2.24, 2.45) is 5.92 Å². The van der Waals surface area contributed by atoms with Gasteiger partial charge < -0.3 is 10.1 Å². The number of halogens is 1. The number of rotatable bonds is 7. The van der Waals surface area contributed by atoms with Crippen LogP contribution in [0.2, 0.25) is 5.02 Å². The summed E-state index contributed by atoms with van der Waals surface area (Å²) in [5.74, 6) is 1.41. The number of para-hydroxylation sites is 1. The molecule has 0 aromatic heterocycles. The van der Waals surface area contributed by atoms with Crippen LogP contribution in [0, 0.1) is 5.92 Å². The van der Waals surface area contributed by atoms with Gasteiger partial charge in [-0.2, -0.15) is 0 Å². The molecule has 0 saturated heterocycles. The molecule has 1 aromatic rings. The van der Waals surface area contributed by atoms with Crippen LogP contribution in [-0.4, -0.2) is 12.6 Å². The zero-order valence-corrected chi connectivity index (χ0v) is 12.0. The number of benzene rings is 1. The number of nitrogens with one attached hydrogen (secondary N) is 1. The summed E-state index contributed by atoms with van der Waals surface area (Å²) in [5.41, 5.74) is 1.16. The van der Waals surface area contributed by atoms with Crippen LogP contribution in [0.5, 0.6) is 5.75 Å². The van der Waals surface area contributed by atoms with Gasteiger partial charge in [0.1, 0.15) is 5.75 Å². The van der Waals surface area contributed by atoms with Gasteiger partial charge in [0.2, 0.25) is 0 Å². The summed E-state index contributed by atoms with van der Waals surface area (Å²) in [6.07, 6.45) is 3.72. The van der Waals surface area contributed by atoms with E-state index >= 15 is 0 Å². The summed E-state index contributed by atoms with van der Waals surface area (Å²) in [6, 6.07) is 6.68. The molecule has 2 rings (SSSR count). The Morgan fingerprint density at radius 1 is 1.44 bits per heavy atom. The van der Waals surface area contributed by atoms with Crippen molar-refractivity contribution < 1.29 is 4.74 Å². The molecule has 0 amide bonds. The minimum Gasteiger partial charge on any atom is -0.491 e. The minimum atomic E-state index is 0.561. The van der Waals surface area contributed by atoms with E-state index in [0.29, 0.717) is 17.0 Å². The fourth-order valence-electron chi connectivity index (χ4n) is 1.74.